The Morgan fingerprint density at radius 3 is 2.71 bits per heavy atom. The van der Waals surface area contributed by atoms with E-state index in [2.05, 4.69) is 5.32 Å². The van der Waals surface area contributed by atoms with Gasteiger partial charge in [-0.15, -0.1) is 0 Å². The molecule has 0 unspecified atom stereocenters. The molecule has 1 aliphatic heterocycles. The van der Waals surface area contributed by atoms with Crippen LogP contribution < -0.4 is 5.32 Å². The highest BCUT2D eigenvalue weighted by molar-refractivity contribution is 5.97. The van der Waals surface area contributed by atoms with Crippen molar-refractivity contribution in [1.29, 1.82) is 0 Å². The number of piperazine rings is 1. The summed E-state index contributed by atoms with van der Waals surface area (Å²) in [5, 5.41) is 2.50. The van der Waals surface area contributed by atoms with Gasteiger partial charge in [0.25, 0.3) is 0 Å². The highest BCUT2D eigenvalue weighted by Crippen LogP contribution is 2.18. The van der Waals surface area contributed by atoms with E-state index in [0.29, 0.717) is 6.54 Å². The lowest BCUT2D eigenvalue weighted by atomic mass is 9.98. The van der Waals surface area contributed by atoms with Gasteiger partial charge in [0.1, 0.15) is 5.54 Å². The quantitative estimate of drug-likeness (QED) is 0.704. The van der Waals surface area contributed by atoms with Crippen molar-refractivity contribution in [2.75, 3.05) is 19.8 Å². The molecule has 1 saturated heterocycles. The van der Waals surface area contributed by atoms with E-state index in [1.165, 1.54) is 4.90 Å². The van der Waals surface area contributed by atoms with Gasteiger partial charge in [0.05, 0.1) is 13.2 Å². The van der Waals surface area contributed by atoms with Crippen molar-refractivity contribution in [3.63, 3.8) is 0 Å². The molecule has 0 spiro atoms. The van der Waals surface area contributed by atoms with Crippen molar-refractivity contribution < 1.29 is 14.0 Å². The molecule has 1 fully saturated rings. The van der Waals surface area contributed by atoms with Crippen LogP contribution in [0.1, 0.15) is 20.3 Å². The largest absolute Gasteiger partial charge is 0.345 e. The van der Waals surface area contributed by atoms with Crippen LogP contribution >= 0.6 is 0 Å². The Balaban J connectivity index is 2.75. The van der Waals surface area contributed by atoms with Gasteiger partial charge in [-0.25, -0.2) is 0 Å². The summed E-state index contributed by atoms with van der Waals surface area (Å²) in [5.74, 6) is -0.334. The lowest BCUT2D eigenvalue weighted by molar-refractivity contribution is -0.151. The Labute approximate surface area is 82.5 Å². The molecule has 1 rings (SSSR count). The molecular formula is C9H15FN2O2. The second kappa shape index (κ2) is 3.94. The maximum atomic E-state index is 12.0. The molecule has 0 radical (unpaired) electrons. The van der Waals surface area contributed by atoms with Gasteiger partial charge in [0, 0.05) is 6.54 Å². The van der Waals surface area contributed by atoms with Crippen LogP contribution in [0, 0.1) is 0 Å². The van der Waals surface area contributed by atoms with Crippen molar-refractivity contribution in [1.82, 2.24) is 10.2 Å². The first-order chi connectivity index (χ1) is 6.50. The number of nitrogens with zero attached hydrogens (tertiary/aromatic N) is 1. The zero-order valence-corrected chi connectivity index (χ0v) is 8.47. The van der Waals surface area contributed by atoms with Gasteiger partial charge in [-0.1, -0.05) is 0 Å². The number of alkyl halides is 1. The summed E-state index contributed by atoms with van der Waals surface area (Å²) in [6.07, 6.45) is 0.280. The average Bonchev–Trinajstić information content (AvgIpc) is 2.12. The van der Waals surface area contributed by atoms with Crippen LogP contribution in [0.5, 0.6) is 0 Å². The fraction of sp³-hybridized carbons (Fsp3) is 0.778. The number of carbonyl (C=O) groups is 2. The van der Waals surface area contributed by atoms with Crippen LogP contribution in [0.2, 0.25) is 0 Å². The second-order valence-electron chi connectivity index (χ2n) is 3.83. The van der Waals surface area contributed by atoms with Crippen LogP contribution in [0.25, 0.3) is 0 Å². The molecule has 0 atom stereocenters. The molecule has 0 aromatic rings. The number of halogens is 1. The van der Waals surface area contributed by atoms with E-state index >= 15 is 0 Å². The molecule has 0 bridgehead atoms. The molecule has 0 aromatic carbocycles. The maximum absolute atomic E-state index is 12.0. The summed E-state index contributed by atoms with van der Waals surface area (Å²) < 4.78 is 12.0. The lowest BCUT2D eigenvalue weighted by Gasteiger charge is -2.40. The van der Waals surface area contributed by atoms with Crippen LogP contribution in [-0.2, 0) is 9.59 Å². The number of carbonyl (C=O) groups excluding carboxylic acids is 2. The number of hydrogen-bond donors (Lipinski definition) is 1. The van der Waals surface area contributed by atoms with E-state index in [1.54, 1.807) is 13.8 Å². The summed E-state index contributed by atoms with van der Waals surface area (Å²) in [7, 11) is 0. The first-order valence-electron chi connectivity index (χ1n) is 4.65. The molecule has 0 aromatic heterocycles. The zero-order chi connectivity index (χ0) is 10.8. The molecule has 0 aliphatic carbocycles. The fourth-order valence-electron chi connectivity index (χ4n) is 1.52. The van der Waals surface area contributed by atoms with Gasteiger partial charge in [0.2, 0.25) is 11.8 Å². The Morgan fingerprint density at radius 1 is 1.50 bits per heavy atom. The molecule has 2 amide bonds. The van der Waals surface area contributed by atoms with E-state index in [1.807, 2.05) is 0 Å². The standard InChI is InChI=1S/C9H15FN2O2/c1-9(2)8(14)11-6-7(13)12(9)5-3-4-10/h3-6H2,1-2H3,(H,11,14). The van der Waals surface area contributed by atoms with Crippen molar-refractivity contribution in [3.8, 4) is 0 Å². The second-order valence-corrected chi connectivity index (χ2v) is 3.83. The summed E-state index contributed by atoms with van der Waals surface area (Å²) in [4.78, 5) is 24.3. The number of nitrogens with one attached hydrogen (secondary N) is 1. The van der Waals surface area contributed by atoms with Crippen LogP contribution in [0.15, 0.2) is 0 Å². The summed E-state index contributed by atoms with van der Waals surface area (Å²) in [6, 6.07) is 0. The summed E-state index contributed by atoms with van der Waals surface area (Å²) in [5.41, 5.74) is -0.857. The summed E-state index contributed by atoms with van der Waals surface area (Å²) >= 11 is 0. The Kier molecular flexibility index (Phi) is 3.08. The molecular weight excluding hydrogens is 187 g/mol. The topological polar surface area (TPSA) is 49.4 Å². The predicted octanol–water partition coefficient (Wildman–Crippen LogP) is 0.0830. The SMILES string of the molecule is CC1(C)C(=O)NCC(=O)N1CCCF. The molecule has 80 valence electrons. The Morgan fingerprint density at radius 2 is 2.14 bits per heavy atom. The molecule has 14 heavy (non-hydrogen) atoms. The highest BCUT2D eigenvalue weighted by atomic mass is 19.1. The van der Waals surface area contributed by atoms with Crippen LogP contribution in [0.3, 0.4) is 0 Å². The monoisotopic (exact) mass is 202 g/mol. The van der Waals surface area contributed by atoms with Crippen molar-refractivity contribution in [3.05, 3.63) is 0 Å². The smallest absolute Gasteiger partial charge is 0.245 e. The fourth-order valence-corrected chi connectivity index (χ4v) is 1.52. The van der Waals surface area contributed by atoms with Crippen molar-refractivity contribution in [2.45, 2.75) is 25.8 Å². The molecule has 1 aliphatic rings. The molecule has 5 heteroatoms. The minimum atomic E-state index is -0.857. The average molecular weight is 202 g/mol. The van der Waals surface area contributed by atoms with Crippen molar-refractivity contribution >= 4 is 11.8 Å². The van der Waals surface area contributed by atoms with Crippen LogP contribution in [0.4, 0.5) is 4.39 Å². The van der Waals surface area contributed by atoms with Gasteiger partial charge in [-0.05, 0) is 20.3 Å². The Bertz CT molecular complexity index is 253. The maximum Gasteiger partial charge on any atom is 0.245 e. The van der Waals surface area contributed by atoms with Crippen molar-refractivity contribution in [2.24, 2.45) is 0 Å². The van der Waals surface area contributed by atoms with E-state index in [0.717, 1.165) is 0 Å². The molecule has 1 heterocycles. The number of amides is 2. The molecule has 4 nitrogen and oxygen atoms in total. The normalized spacial score (nSPS) is 20.9. The minimum absolute atomic E-state index is 0.0224. The number of rotatable bonds is 3. The minimum Gasteiger partial charge on any atom is -0.345 e. The first kappa shape index (κ1) is 10.9. The zero-order valence-electron chi connectivity index (χ0n) is 8.47. The molecule has 0 saturated carbocycles. The highest BCUT2D eigenvalue weighted by Gasteiger charge is 2.40. The third kappa shape index (κ3) is 1.86. The lowest BCUT2D eigenvalue weighted by Crippen LogP contribution is -2.64. The number of hydrogen-bond acceptors (Lipinski definition) is 2. The third-order valence-corrected chi connectivity index (χ3v) is 2.45. The Hall–Kier alpha value is -1.13. The first-order valence-corrected chi connectivity index (χ1v) is 4.65. The van der Waals surface area contributed by atoms with E-state index in [9.17, 15) is 14.0 Å². The van der Waals surface area contributed by atoms with Crippen LogP contribution in [-0.4, -0.2) is 42.0 Å². The predicted molar refractivity (Wildman–Crippen MR) is 49.4 cm³/mol. The van der Waals surface area contributed by atoms with Gasteiger partial charge >= 0.3 is 0 Å². The van der Waals surface area contributed by atoms with Gasteiger partial charge < -0.3 is 10.2 Å². The third-order valence-electron chi connectivity index (χ3n) is 2.45. The van der Waals surface area contributed by atoms with E-state index in [-0.39, 0.29) is 24.8 Å². The van der Waals surface area contributed by atoms with Gasteiger partial charge in [-0.3, -0.25) is 14.0 Å². The van der Waals surface area contributed by atoms with E-state index in [4.69, 9.17) is 0 Å². The van der Waals surface area contributed by atoms with Gasteiger partial charge in [0.15, 0.2) is 0 Å². The summed E-state index contributed by atoms with van der Waals surface area (Å²) in [6.45, 7) is 3.18. The van der Waals surface area contributed by atoms with Gasteiger partial charge in [-0.2, -0.15) is 0 Å². The van der Waals surface area contributed by atoms with E-state index < -0.39 is 12.2 Å². The molecule has 1 N–H and O–H groups in total.